The molecule has 0 aliphatic carbocycles. The molecule has 2 unspecified atom stereocenters. The van der Waals surface area contributed by atoms with Gasteiger partial charge in [0, 0.05) is 38.8 Å². The maximum Gasteiger partial charge on any atom is 0.237 e. The van der Waals surface area contributed by atoms with Gasteiger partial charge in [0.25, 0.3) is 0 Å². The van der Waals surface area contributed by atoms with Gasteiger partial charge in [-0.1, -0.05) is 30.3 Å². The van der Waals surface area contributed by atoms with Crippen LogP contribution in [0, 0.1) is 0 Å². The number of hydrogen-bond acceptors (Lipinski definition) is 4. The fraction of sp³-hybridized carbons (Fsp3) is 0.632. The highest BCUT2D eigenvalue weighted by atomic mass is 35.5. The van der Waals surface area contributed by atoms with Crippen LogP contribution >= 0.6 is 12.4 Å². The third-order valence-corrected chi connectivity index (χ3v) is 5.18. The Hall–Kier alpha value is -1.14. The zero-order valence-electron chi connectivity index (χ0n) is 15.1. The normalized spacial score (nSPS) is 24.7. The van der Waals surface area contributed by atoms with Crippen LogP contribution in [0.4, 0.5) is 0 Å². The van der Waals surface area contributed by atoms with Gasteiger partial charge in [0.15, 0.2) is 0 Å². The van der Waals surface area contributed by atoms with E-state index in [1.54, 1.807) is 0 Å². The molecule has 3 rings (SSSR count). The molecular weight excluding hydrogens is 336 g/mol. The minimum atomic E-state index is 0. The lowest BCUT2D eigenvalue weighted by atomic mass is 10.0. The summed E-state index contributed by atoms with van der Waals surface area (Å²) < 4.78 is 0. The molecule has 2 fully saturated rings. The highest BCUT2D eigenvalue weighted by Crippen LogP contribution is 2.24. The maximum atomic E-state index is 12.0. The smallest absolute Gasteiger partial charge is 0.237 e. The standard InChI is InChI=1S/C19H30N4O.ClH/c1-22-13-14-23(18(15-22)16-7-3-2-4-8-16)12-6-11-21-19(24)17-9-5-10-20-17;/h2-4,7-8,17-18,20H,5-6,9-15H2,1H3,(H,21,24);1H. The van der Waals surface area contributed by atoms with Crippen molar-refractivity contribution >= 4 is 18.3 Å². The lowest BCUT2D eigenvalue weighted by molar-refractivity contribution is -0.122. The number of likely N-dealkylation sites (N-methyl/N-ethyl adjacent to an activating group) is 1. The second-order valence-corrected chi connectivity index (χ2v) is 7.02. The molecule has 0 saturated carbocycles. The van der Waals surface area contributed by atoms with E-state index < -0.39 is 0 Å². The lowest BCUT2D eigenvalue weighted by Crippen LogP contribution is -2.47. The van der Waals surface area contributed by atoms with Crippen molar-refractivity contribution in [2.75, 3.05) is 46.3 Å². The molecule has 5 nitrogen and oxygen atoms in total. The van der Waals surface area contributed by atoms with Crippen molar-refractivity contribution in [3.05, 3.63) is 35.9 Å². The number of hydrogen-bond donors (Lipinski definition) is 2. The minimum absolute atomic E-state index is 0. The van der Waals surface area contributed by atoms with E-state index in [1.807, 2.05) is 0 Å². The van der Waals surface area contributed by atoms with E-state index in [2.05, 4.69) is 57.8 Å². The number of nitrogens with one attached hydrogen (secondary N) is 2. The third-order valence-electron chi connectivity index (χ3n) is 5.18. The monoisotopic (exact) mass is 366 g/mol. The molecule has 140 valence electrons. The number of carbonyl (C=O) groups is 1. The molecule has 1 aromatic rings. The summed E-state index contributed by atoms with van der Waals surface area (Å²) in [5.41, 5.74) is 1.39. The number of halogens is 1. The zero-order chi connectivity index (χ0) is 16.8. The molecule has 0 aromatic heterocycles. The number of piperazine rings is 1. The van der Waals surface area contributed by atoms with Crippen molar-refractivity contribution in [2.24, 2.45) is 0 Å². The number of nitrogens with zero attached hydrogens (tertiary/aromatic N) is 2. The van der Waals surface area contributed by atoms with Gasteiger partial charge in [-0.2, -0.15) is 0 Å². The molecule has 2 N–H and O–H groups in total. The summed E-state index contributed by atoms with van der Waals surface area (Å²) in [4.78, 5) is 17.0. The predicted octanol–water partition coefficient (Wildman–Crippen LogP) is 1.66. The predicted molar refractivity (Wildman–Crippen MR) is 104 cm³/mol. The van der Waals surface area contributed by atoms with Crippen molar-refractivity contribution < 1.29 is 4.79 Å². The molecule has 0 spiro atoms. The summed E-state index contributed by atoms with van der Waals surface area (Å²) in [6.45, 7) is 6.05. The molecule has 2 saturated heterocycles. The van der Waals surface area contributed by atoms with Crippen molar-refractivity contribution in [1.82, 2.24) is 20.4 Å². The fourth-order valence-corrected chi connectivity index (χ4v) is 3.74. The molecular formula is C19H31ClN4O. The largest absolute Gasteiger partial charge is 0.355 e. The average Bonchev–Trinajstić information content (AvgIpc) is 3.15. The quantitative estimate of drug-likeness (QED) is 0.752. The topological polar surface area (TPSA) is 47.6 Å². The maximum absolute atomic E-state index is 12.0. The van der Waals surface area contributed by atoms with Crippen molar-refractivity contribution in [2.45, 2.75) is 31.3 Å². The Morgan fingerprint density at radius 3 is 2.80 bits per heavy atom. The molecule has 25 heavy (non-hydrogen) atoms. The Balaban J connectivity index is 0.00000225. The summed E-state index contributed by atoms with van der Waals surface area (Å²) in [6.07, 6.45) is 3.09. The van der Waals surface area contributed by atoms with E-state index >= 15 is 0 Å². The van der Waals surface area contributed by atoms with Crippen LogP contribution < -0.4 is 10.6 Å². The molecule has 6 heteroatoms. The Labute approximate surface area is 157 Å². The Bertz CT molecular complexity index is 521. The summed E-state index contributed by atoms with van der Waals surface area (Å²) >= 11 is 0. The van der Waals surface area contributed by atoms with Crippen LogP contribution in [-0.4, -0.2) is 68.1 Å². The molecule has 2 aliphatic heterocycles. The molecule has 1 amide bonds. The molecule has 0 bridgehead atoms. The van der Waals surface area contributed by atoms with E-state index in [9.17, 15) is 4.79 Å². The van der Waals surface area contributed by atoms with Gasteiger partial charge in [-0.25, -0.2) is 0 Å². The van der Waals surface area contributed by atoms with Gasteiger partial charge in [-0.3, -0.25) is 9.69 Å². The number of carbonyl (C=O) groups excluding carboxylic acids is 1. The average molecular weight is 367 g/mol. The number of amides is 1. The summed E-state index contributed by atoms with van der Waals surface area (Å²) in [5, 5.41) is 6.34. The van der Waals surface area contributed by atoms with E-state index in [0.717, 1.165) is 58.5 Å². The van der Waals surface area contributed by atoms with Crippen LogP contribution in [0.5, 0.6) is 0 Å². The van der Waals surface area contributed by atoms with Crippen molar-refractivity contribution in [1.29, 1.82) is 0 Å². The van der Waals surface area contributed by atoms with Gasteiger partial charge in [0.05, 0.1) is 6.04 Å². The SMILES string of the molecule is CN1CCN(CCCNC(=O)C2CCCN2)C(c2ccccc2)C1.Cl. The van der Waals surface area contributed by atoms with E-state index in [0.29, 0.717) is 6.04 Å². The Kier molecular flexibility index (Phi) is 8.16. The van der Waals surface area contributed by atoms with Crippen LogP contribution in [0.1, 0.15) is 30.9 Å². The Morgan fingerprint density at radius 1 is 1.28 bits per heavy atom. The molecule has 2 aliphatic rings. The highest BCUT2D eigenvalue weighted by molar-refractivity contribution is 5.85. The molecule has 2 heterocycles. The lowest BCUT2D eigenvalue weighted by Gasteiger charge is -2.40. The number of rotatable bonds is 6. The van der Waals surface area contributed by atoms with Gasteiger partial charge in [-0.15, -0.1) is 12.4 Å². The van der Waals surface area contributed by atoms with Gasteiger partial charge in [0.2, 0.25) is 5.91 Å². The van der Waals surface area contributed by atoms with Crippen LogP contribution in [0.25, 0.3) is 0 Å². The zero-order valence-corrected chi connectivity index (χ0v) is 15.9. The minimum Gasteiger partial charge on any atom is -0.355 e. The van der Waals surface area contributed by atoms with Crippen LogP contribution in [0.3, 0.4) is 0 Å². The fourth-order valence-electron chi connectivity index (χ4n) is 3.74. The molecule has 2 atom stereocenters. The van der Waals surface area contributed by atoms with Crippen LogP contribution in [0.2, 0.25) is 0 Å². The van der Waals surface area contributed by atoms with Gasteiger partial charge >= 0.3 is 0 Å². The van der Waals surface area contributed by atoms with E-state index in [1.165, 1.54) is 5.56 Å². The first-order valence-corrected chi connectivity index (χ1v) is 9.22. The van der Waals surface area contributed by atoms with Gasteiger partial charge in [0.1, 0.15) is 0 Å². The van der Waals surface area contributed by atoms with Crippen molar-refractivity contribution in [3.63, 3.8) is 0 Å². The van der Waals surface area contributed by atoms with Crippen LogP contribution in [-0.2, 0) is 4.79 Å². The third kappa shape index (κ3) is 5.68. The van der Waals surface area contributed by atoms with E-state index in [-0.39, 0.29) is 24.4 Å². The Morgan fingerprint density at radius 2 is 2.08 bits per heavy atom. The van der Waals surface area contributed by atoms with Gasteiger partial charge < -0.3 is 15.5 Å². The van der Waals surface area contributed by atoms with Gasteiger partial charge in [-0.05, 0) is 38.4 Å². The van der Waals surface area contributed by atoms with Crippen molar-refractivity contribution in [3.8, 4) is 0 Å². The highest BCUT2D eigenvalue weighted by Gasteiger charge is 2.26. The summed E-state index contributed by atoms with van der Waals surface area (Å²) in [6, 6.07) is 11.3. The van der Waals surface area contributed by atoms with E-state index in [4.69, 9.17) is 0 Å². The number of benzene rings is 1. The molecule has 0 radical (unpaired) electrons. The first-order valence-electron chi connectivity index (χ1n) is 9.22. The first kappa shape index (κ1) is 20.2. The first-order chi connectivity index (χ1) is 11.7. The van der Waals surface area contributed by atoms with Crippen LogP contribution in [0.15, 0.2) is 30.3 Å². The summed E-state index contributed by atoms with van der Waals surface area (Å²) in [7, 11) is 2.20. The summed E-state index contributed by atoms with van der Waals surface area (Å²) in [5.74, 6) is 0.172. The second-order valence-electron chi connectivity index (χ2n) is 7.02. The molecule has 1 aromatic carbocycles. The second kappa shape index (κ2) is 10.1.